The highest BCUT2D eigenvalue weighted by molar-refractivity contribution is 9.10. The molecular formula is C12H18BrN3O. The maximum Gasteiger partial charge on any atom is 0.133 e. The van der Waals surface area contributed by atoms with Gasteiger partial charge in [-0.1, -0.05) is 0 Å². The maximum absolute atomic E-state index is 5.70. The molecule has 1 saturated heterocycles. The molecule has 0 radical (unpaired) electrons. The Bertz CT molecular complexity index is 364. The SMILES string of the molecule is CCOC1CCCN(c2cc(Br)nc(C)n2)C1. The highest BCUT2D eigenvalue weighted by Crippen LogP contribution is 2.21. The quantitative estimate of drug-likeness (QED) is 0.804. The van der Waals surface area contributed by atoms with Crippen LogP contribution in [-0.4, -0.2) is 35.8 Å². The molecule has 4 nitrogen and oxygen atoms in total. The van der Waals surface area contributed by atoms with E-state index in [2.05, 4.69) is 30.8 Å². The van der Waals surface area contributed by atoms with Crippen LogP contribution >= 0.6 is 15.9 Å². The predicted molar refractivity (Wildman–Crippen MR) is 71.3 cm³/mol. The third kappa shape index (κ3) is 3.39. The van der Waals surface area contributed by atoms with Crippen LogP contribution in [0.1, 0.15) is 25.6 Å². The molecule has 17 heavy (non-hydrogen) atoms. The number of halogens is 1. The van der Waals surface area contributed by atoms with E-state index < -0.39 is 0 Å². The van der Waals surface area contributed by atoms with Crippen molar-refractivity contribution in [2.24, 2.45) is 0 Å². The van der Waals surface area contributed by atoms with Crippen molar-refractivity contribution in [2.75, 3.05) is 24.6 Å². The Morgan fingerprint density at radius 3 is 3.06 bits per heavy atom. The number of anilines is 1. The molecule has 0 bridgehead atoms. The molecule has 1 unspecified atom stereocenters. The van der Waals surface area contributed by atoms with Crippen molar-refractivity contribution in [3.63, 3.8) is 0 Å². The highest BCUT2D eigenvalue weighted by Gasteiger charge is 2.21. The summed E-state index contributed by atoms with van der Waals surface area (Å²) in [6.45, 7) is 6.72. The van der Waals surface area contributed by atoms with Crippen LogP contribution in [0.5, 0.6) is 0 Å². The van der Waals surface area contributed by atoms with Crippen molar-refractivity contribution in [1.82, 2.24) is 9.97 Å². The first kappa shape index (κ1) is 12.8. The topological polar surface area (TPSA) is 38.2 Å². The number of hydrogen-bond donors (Lipinski definition) is 0. The summed E-state index contributed by atoms with van der Waals surface area (Å²) in [6, 6.07) is 1.97. The van der Waals surface area contributed by atoms with E-state index in [4.69, 9.17) is 4.74 Å². The summed E-state index contributed by atoms with van der Waals surface area (Å²) < 4.78 is 6.54. The van der Waals surface area contributed by atoms with E-state index in [0.717, 1.165) is 48.8 Å². The zero-order valence-electron chi connectivity index (χ0n) is 10.3. The van der Waals surface area contributed by atoms with Crippen LogP contribution in [0, 0.1) is 6.92 Å². The van der Waals surface area contributed by atoms with Crippen LogP contribution in [0.4, 0.5) is 5.82 Å². The van der Waals surface area contributed by atoms with Gasteiger partial charge in [-0.3, -0.25) is 0 Å². The number of rotatable bonds is 3. The molecule has 0 saturated carbocycles. The Labute approximate surface area is 111 Å². The van der Waals surface area contributed by atoms with Gasteiger partial charge < -0.3 is 9.64 Å². The van der Waals surface area contributed by atoms with Crippen LogP contribution in [0.25, 0.3) is 0 Å². The second-order valence-electron chi connectivity index (χ2n) is 4.26. The van der Waals surface area contributed by atoms with Crippen LogP contribution < -0.4 is 4.90 Å². The summed E-state index contributed by atoms with van der Waals surface area (Å²) in [6.07, 6.45) is 2.64. The molecule has 1 aliphatic heterocycles. The summed E-state index contributed by atoms with van der Waals surface area (Å²) in [5.41, 5.74) is 0. The molecule has 1 fully saturated rings. The maximum atomic E-state index is 5.70. The Morgan fingerprint density at radius 2 is 2.35 bits per heavy atom. The van der Waals surface area contributed by atoms with Gasteiger partial charge in [-0.2, -0.15) is 0 Å². The number of ether oxygens (including phenoxy) is 1. The zero-order chi connectivity index (χ0) is 12.3. The fraction of sp³-hybridized carbons (Fsp3) is 0.667. The smallest absolute Gasteiger partial charge is 0.133 e. The lowest BCUT2D eigenvalue weighted by Gasteiger charge is -2.33. The van der Waals surface area contributed by atoms with Crippen molar-refractivity contribution < 1.29 is 4.74 Å². The third-order valence-corrected chi connectivity index (χ3v) is 3.30. The Kier molecular flexibility index (Phi) is 4.34. The van der Waals surface area contributed by atoms with Gasteiger partial charge in [0.05, 0.1) is 6.10 Å². The fourth-order valence-electron chi connectivity index (χ4n) is 2.20. The van der Waals surface area contributed by atoms with E-state index in [9.17, 15) is 0 Å². The van der Waals surface area contributed by atoms with Crippen molar-refractivity contribution in [1.29, 1.82) is 0 Å². The molecule has 0 amide bonds. The second-order valence-corrected chi connectivity index (χ2v) is 5.07. The van der Waals surface area contributed by atoms with Gasteiger partial charge in [-0.15, -0.1) is 0 Å². The molecule has 0 spiro atoms. The number of nitrogens with zero attached hydrogens (tertiary/aromatic N) is 3. The van der Waals surface area contributed by atoms with E-state index in [1.54, 1.807) is 0 Å². The molecule has 5 heteroatoms. The normalized spacial score (nSPS) is 20.6. The van der Waals surface area contributed by atoms with E-state index in [1.807, 2.05) is 19.9 Å². The van der Waals surface area contributed by atoms with E-state index in [-0.39, 0.29) is 0 Å². The molecule has 0 aromatic carbocycles. The lowest BCUT2D eigenvalue weighted by atomic mass is 10.1. The first-order valence-electron chi connectivity index (χ1n) is 6.06. The van der Waals surface area contributed by atoms with Gasteiger partial charge in [0, 0.05) is 25.8 Å². The van der Waals surface area contributed by atoms with Crippen molar-refractivity contribution >= 4 is 21.7 Å². The van der Waals surface area contributed by atoms with Gasteiger partial charge in [-0.25, -0.2) is 9.97 Å². The minimum Gasteiger partial charge on any atom is -0.377 e. The number of aryl methyl sites for hydroxylation is 1. The lowest BCUT2D eigenvalue weighted by molar-refractivity contribution is 0.0525. The average Bonchev–Trinajstić information content (AvgIpc) is 2.28. The zero-order valence-corrected chi connectivity index (χ0v) is 11.9. The van der Waals surface area contributed by atoms with Crippen LogP contribution in [0.2, 0.25) is 0 Å². The monoisotopic (exact) mass is 299 g/mol. The molecule has 0 N–H and O–H groups in total. The Hall–Kier alpha value is -0.680. The van der Waals surface area contributed by atoms with E-state index in [0.29, 0.717) is 6.10 Å². The van der Waals surface area contributed by atoms with Crippen LogP contribution in [-0.2, 0) is 4.74 Å². The predicted octanol–water partition coefficient (Wildman–Crippen LogP) is 2.55. The fourth-order valence-corrected chi connectivity index (χ4v) is 2.66. The molecule has 1 atom stereocenters. The first-order chi connectivity index (χ1) is 8.19. The minimum absolute atomic E-state index is 0.336. The molecule has 1 aromatic heterocycles. The molecule has 2 rings (SSSR count). The van der Waals surface area contributed by atoms with Gasteiger partial charge in [0.1, 0.15) is 16.2 Å². The Balaban J connectivity index is 2.10. The molecule has 1 aliphatic rings. The van der Waals surface area contributed by atoms with Crippen LogP contribution in [0.3, 0.4) is 0 Å². The molecular weight excluding hydrogens is 282 g/mol. The summed E-state index contributed by atoms with van der Waals surface area (Å²) in [7, 11) is 0. The summed E-state index contributed by atoms with van der Waals surface area (Å²) in [4.78, 5) is 11.0. The minimum atomic E-state index is 0.336. The van der Waals surface area contributed by atoms with Crippen molar-refractivity contribution in [2.45, 2.75) is 32.8 Å². The van der Waals surface area contributed by atoms with Gasteiger partial charge in [0.15, 0.2) is 0 Å². The van der Waals surface area contributed by atoms with E-state index in [1.165, 1.54) is 0 Å². The standard InChI is InChI=1S/C12H18BrN3O/c1-3-17-10-5-4-6-16(8-10)12-7-11(13)14-9(2)15-12/h7,10H,3-6,8H2,1-2H3. The van der Waals surface area contributed by atoms with Crippen molar-refractivity contribution in [3.05, 3.63) is 16.5 Å². The summed E-state index contributed by atoms with van der Waals surface area (Å²) in [5.74, 6) is 1.79. The lowest BCUT2D eigenvalue weighted by Crippen LogP contribution is -2.40. The van der Waals surface area contributed by atoms with Gasteiger partial charge in [0.2, 0.25) is 0 Å². The van der Waals surface area contributed by atoms with Gasteiger partial charge in [0.25, 0.3) is 0 Å². The summed E-state index contributed by atoms with van der Waals surface area (Å²) in [5, 5.41) is 0. The first-order valence-corrected chi connectivity index (χ1v) is 6.86. The van der Waals surface area contributed by atoms with E-state index >= 15 is 0 Å². The molecule has 0 aliphatic carbocycles. The van der Waals surface area contributed by atoms with Crippen LogP contribution in [0.15, 0.2) is 10.7 Å². The number of hydrogen-bond acceptors (Lipinski definition) is 4. The van der Waals surface area contributed by atoms with Gasteiger partial charge in [-0.05, 0) is 42.6 Å². The number of piperidine rings is 1. The second kappa shape index (κ2) is 5.78. The molecule has 2 heterocycles. The number of aromatic nitrogens is 2. The third-order valence-electron chi connectivity index (χ3n) is 2.90. The molecule has 94 valence electrons. The highest BCUT2D eigenvalue weighted by atomic mass is 79.9. The molecule has 1 aromatic rings. The largest absolute Gasteiger partial charge is 0.377 e. The van der Waals surface area contributed by atoms with Gasteiger partial charge >= 0.3 is 0 Å². The average molecular weight is 300 g/mol. The summed E-state index contributed by atoms with van der Waals surface area (Å²) >= 11 is 3.42. The van der Waals surface area contributed by atoms with Crippen molar-refractivity contribution in [3.8, 4) is 0 Å². The Morgan fingerprint density at radius 1 is 1.53 bits per heavy atom.